The molecule has 0 atom stereocenters. The van der Waals surface area contributed by atoms with Gasteiger partial charge in [-0.15, -0.1) is 0 Å². The number of Topliss-reactive ketones (excluding diaryl/α,β-unsaturated/α-hetero) is 1. The lowest BCUT2D eigenvalue weighted by atomic mass is 9.98. The minimum Gasteiger partial charge on any atom is -0.496 e. The third-order valence-corrected chi connectivity index (χ3v) is 5.45. The van der Waals surface area contributed by atoms with E-state index in [1.54, 1.807) is 14.0 Å². The number of benzene rings is 4. The molecular formula is C26H20N2O2. The lowest BCUT2D eigenvalue weighted by Crippen LogP contribution is -1.97. The van der Waals surface area contributed by atoms with Crippen molar-refractivity contribution in [3.05, 3.63) is 90.8 Å². The maximum Gasteiger partial charge on any atom is 0.163 e. The molecule has 0 spiro atoms. The number of ketones is 1. The Labute approximate surface area is 174 Å². The van der Waals surface area contributed by atoms with E-state index in [1.165, 1.54) is 0 Å². The van der Waals surface area contributed by atoms with E-state index in [2.05, 4.69) is 58.1 Å². The summed E-state index contributed by atoms with van der Waals surface area (Å²) in [5.74, 6) is 0.601. The number of hydrogen-bond acceptors (Lipinski definition) is 3. The van der Waals surface area contributed by atoms with Crippen molar-refractivity contribution < 1.29 is 9.53 Å². The van der Waals surface area contributed by atoms with Crippen LogP contribution in [0.1, 0.15) is 17.3 Å². The molecule has 30 heavy (non-hydrogen) atoms. The normalized spacial score (nSPS) is 11.1. The van der Waals surface area contributed by atoms with Gasteiger partial charge < -0.3 is 4.74 Å². The van der Waals surface area contributed by atoms with Crippen LogP contribution in [0.25, 0.3) is 38.6 Å². The van der Waals surface area contributed by atoms with Gasteiger partial charge >= 0.3 is 0 Å². The van der Waals surface area contributed by atoms with Crippen molar-refractivity contribution in [1.82, 2.24) is 9.55 Å². The van der Waals surface area contributed by atoms with Gasteiger partial charge in [0.2, 0.25) is 0 Å². The highest BCUT2D eigenvalue weighted by atomic mass is 16.5. The first-order valence-corrected chi connectivity index (χ1v) is 9.80. The maximum atomic E-state index is 11.9. The maximum absolute atomic E-state index is 11.9. The predicted octanol–water partition coefficient (Wildman–Crippen LogP) is 6.06. The zero-order chi connectivity index (χ0) is 20.7. The molecule has 1 aromatic heterocycles. The minimum absolute atomic E-state index is 0.00177. The topological polar surface area (TPSA) is 44.1 Å². The Kier molecular flexibility index (Phi) is 4.32. The molecule has 0 bridgehead atoms. The molecule has 4 heteroatoms. The van der Waals surface area contributed by atoms with Crippen LogP contribution < -0.4 is 4.74 Å². The van der Waals surface area contributed by atoms with E-state index >= 15 is 0 Å². The standard InChI is InChI=1S/C26H20N2O2/c1-17(29)23-14-20-11-10-19(12-21(20)15-26(23)30-2)18-6-5-7-22(13-18)28-16-27-24-8-3-4-9-25(24)28/h3-16H,1-2H3. The molecular weight excluding hydrogens is 372 g/mol. The van der Waals surface area contributed by atoms with E-state index in [9.17, 15) is 4.79 Å². The van der Waals surface area contributed by atoms with Gasteiger partial charge in [-0.25, -0.2) is 4.98 Å². The quantitative estimate of drug-likeness (QED) is 0.349. The van der Waals surface area contributed by atoms with Crippen LogP contribution in [0, 0.1) is 0 Å². The Balaban J connectivity index is 1.61. The molecule has 0 aliphatic rings. The average molecular weight is 392 g/mol. The molecule has 0 N–H and O–H groups in total. The first-order valence-electron chi connectivity index (χ1n) is 9.80. The second-order valence-corrected chi connectivity index (χ2v) is 7.32. The van der Waals surface area contributed by atoms with Gasteiger partial charge in [-0.3, -0.25) is 9.36 Å². The number of rotatable bonds is 4. The summed E-state index contributed by atoms with van der Waals surface area (Å²) < 4.78 is 7.54. The van der Waals surface area contributed by atoms with Gasteiger partial charge in [0, 0.05) is 5.69 Å². The van der Waals surface area contributed by atoms with Gasteiger partial charge in [-0.1, -0.05) is 36.4 Å². The number of para-hydroxylation sites is 2. The second-order valence-electron chi connectivity index (χ2n) is 7.32. The van der Waals surface area contributed by atoms with E-state index < -0.39 is 0 Å². The van der Waals surface area contributed by atoms with Crippen molar-refractivity contribution in [2.45, 2.75) is 6.92 Å². The van der Waals surface area contributed by atoms with E-state index in [0.29, 0.717) is 11.3 Å². The lowest BCUT2D eigenvalue weighted by Gasteiger charge is -2.11. The molecule has 0 fully saturated rings. The van der Waals surface area contributed by atoms with Crippen molar-refractivity contribution in [3.8, 4) is 22.6 Å². The molecule has 0 saturated carbocycles. The number of aromatic nitrogens is 2. The van der Waals surface area contributed by atoms with Crippen LogP contribution in [0.5, 0.6) is 5.75 Å². The molecule has 5 aromatic rings. The van der Waals surface area contributed by atoms with Gasteiger partial charge in [-0.05, 0) is 71.3 Å². The summed E-state index contributed by atoms with van der Waals surface area (Å²) in [4.78, 5) is 16.4. The fraction of sp³-hybridized carbons (Fsp3) is 0.0769. The highest BCUT2D eigenvalue weighted by Gasteiger charge is 2.11. The number of imidazole rings is 1. The van der Waals surface area contributed by atoms with E-state index in [0.717, 1.165) is 38.6 Å². The van der Waals surface area contributed by atoms with Gasteiger partial charge in [-0.2, -0.15) is 0 Å². The Morgan fingerprint density at radius 3 is 2.53 bits per heavy atom. The van der Waals surface area contributed by atoms with Crippen molar-refractivity contribution in [2.24, 2.45) is 0 Å². The molecule has 4 aromatic carbocycles. The predicted molar refractivity (Wildman–Crippen MR) is 121 cm³/mol. The number of carbonyl (C=O) groups excluding carboxylic acids is 1. The summed E-state index contributed by atoms with van der Waals surface area (Å²) in [7, 11) is 1.59. The van der Waals surface area contributed by atoms with Crippen molar-refractivity contribution >= 4 is 27.6 Å². The van der Waals surface area contributed by atoms with E-state index in [-0.39, 0.29) is 5.78 Å². The fourth-order valence-corrected chi connectivity index (χ4v) is 3.90. The minimum atomic E-state index is -0.00177. The number of nitrogens with zero attached hydrogens (tertiary/aromatic N) is 2. The van der Waals surface area contributed by atoms with Crippen molar-refractivity contribution in [1.29, 1.82) is 0 Å². The molecule has 0 aliphatic carbocycles. The Bertz CT molecular complexity index is 1420. The van der Waals surface area contributed by atoms with Crippen LogP contribution in [-0.4, -0.2) is 22.4 Å². The lowest BCUT2D eigenvalue weighted by molar-refractivity contribution is 0.101. The molecule has 0 amide bonds. The smallest absolute Gasteiger partial charge is 0.163 e. The summed E-state index contributed by atoms with van der Waals surface area (Å²) >= 11 is 0. The van der Waals surface area contributed by atoms with E-state index in [4.69, 9.17) is 4.74 Å². The summed E-state index contributed by atoms with van der Waals surface area (Å²) in [5.41, 5.74) is 5.93. The Hall–Kier alpha value is -3.92. The number of carbonyl (C=O) groups is 1. The molecule has 0 saturated heterocycles. The molecule has 146 valence electrons. The molecule has 0 radical (unpaired) electrons. The second kappa shape index (κ2) is 7.16. The third kappa shape index (κ3) is 3.03. The van der Waals surface area contributed by atoms with Gasteiger partial charge in [0.25, 0.3) is 0 Å². The molecule has 4 nitrogen and oxygen atoms in total. The Morgan fingerprint density at radius 1 is 0.867 bits per heavy atom. The zero-order valence-corrected chi connectivity index (χ0v) is 16.8. The van der Waals surface area contributed by atoms with Gasteiger partial charge in [0.1, 0.15) is 12.1 Å². The van der Waals surface area contributed by atoms with Gasteiger partial charge in [0.05, 0.1) is 23.7 Å². The number of ether oxygens (including phenoxy) is 1. The summed E-state index contributed by atoms with van der Waals surface area (Å²) in [6.45, 7) is 1.56. The molecule has 0 aliphatic heterocycles. The first-order chi connectivity index (χ1) is 14.6. The first kappa shape index (κ1) is 18.1. The van der Waals surface area contributed by atoms with Crippen LogP contribution in [-0.2, 0) is 0 Å². The highest BCUT2D eigenvalue weighted by Crippen LogP contribution is 2.31. The van der Waals surface area contributed by atoms with Gasteiger partial charge in [0.15, 0.2) is 5.78 Å². The van der Waals surface area contributed by atoms with E-state index in [1.807, 2.05) is 36.7 Å². The summed E-state index contributed by atoms with van der Waals surface area (Å²) in [5, 5.41) is 2.05. The van der Waals surface area contributed by atoms with Crippen molar-refractivity contribution in [3.63, 3.8) is 0 Å². The van der Waals surface area contributed by atoms with Crippen LogP contribution >= 0.6 is 0 Å². The molecule has 5 rings (SSSR count). The summed E-state index contributed by atoms with van der Waals surface area (Å²) in [6.07, 6.45) is 1.86. The fourth-order valence-electron chi connectivity index (χ4n) is 3.90. The van der Waals surface area contributed by atoms with Crippen LogP contribution in [0.15, 0.2) is 85.2 Å². The number of hydrogen-bond donors (Lipinski definition) is 0. The van der Waals surface area contributed by atoms with Crippen LogP contribution in [0.3, 0.4) is 0 Å². The number of methoxy groups -OCH3 is 1. The van der Waals surface area contributed by atoms with Crippen LogP contribution in [0.2, 0.25) is 0 Å². The monoisotopic (exact) mass is 392 g/mol. The van der Waals surface area contributed by atoms with Crippen molar-refractivity contribution in [2.75, 3.05) is 7.11 Å². The highest BCUT2D eigenvalue weighted by molar-refractivity contribution is 6.02. The average Bonchev–Trinajstić information content (AvgIpc) is 3.22. The zero-order valence-electron chi connectivity index (χ0n) is 16.8. The summed E-state index contributed by atoms with van der Waals surface area (Å²) in [6, 6.07) is 26.6. The molecule has 0 unspecified atom stereocenters. The SMILES string of the molecule is COc1cc2cc(-c3cccc(-n4cnc5ccccc54)c3)ccc2cc1C(C)=O. The largest absolute Gasteiger partial charge is 0.496 e. The van der Waals surface area contributed by atoms with Crippen LogP contribution in [0.4, 0.5) is 0 Å². The molecule has 1 heterocycles. The Morgan fingerprint density at radius 2 is 1.70 bits per heavy atom. The third-order valence-electron chi connectivity index (χ3n) is 5.45. The number of fused-ring (bicyclic) bond motifs is 2.